The van der Waals surface area contributed by atoms with Crippen LogP contribution in [0.15, 0.2) is 22.8 Å². The van der Waals surface area contributed by atoms with Gasteiger partial charge in [0.25, 0.3) is 0 Å². The Morgan fingerprint density at radius 1 is 1.43 bits per heavy atom. The fraction of sp³-hybridized carbons (Fsp3) is 0.636. The van der Waals surface area contributed by atoms with E-state index in [4.69, 9.17) is 9.52 Å². The summed E-state index contributed by atoms with van der Waals surface area (Å²) in [5.41, 5.74) is 0. The molecule has 3 nitrogen and oxygen atoms in total. The van der Waals surface area contributed by atoms with E-state index in [1.807, 2.05) is 19.1 Å². The largest absolute Gasteiger partial charge is 0.468 e. The van der Waals surface area contributed by atoms with Gasteiger partial charge in [-0.25, -0.2) is 0 Å². The Morgan fingerprint density at radius 3 is 2.57 bits per heavy atom. The molecule has 80 valence electrons. The summed E-state index contributed by atoms with van der Waals surface area (Å²) < 4.78 is 5.28. The molecule has 0 fully saturated rings. The highest BCUT2D eigenvalue weighted by atomic mass is 16.3. The molecule has 0 saturated carbocycles. The fourth-order valence-electron chi connectivity index (χ4n) is 1.40. The molecule has 0 radical (unpaired) electrons. The van der Waals surface area contributed by atoms with Gasteiger partial charge in [0.15, 0.2) is 0 Å². The summed E-state index contributed by atoms with van der Waals surface area (Å²) in [5, 5.41) is 12.5. The Kier molecular flexibility index (Phi) is 4.17. The summed E-state index contributed by atoms with van der Waals surface area (Å²) in [4.78, 5) is 0. The average molecular weight is 197 g/mol. The standard InChI is InChI=1S/C11H19NO2/c1-8(2)10(7-13)12-9(3)11-5-4-6-14-11/h4-6,8-10,12-13H,7H2,1-3H3. The minimum atomic E-state index is 0.120. The third-order valence-electron chi connectivity index (χ3n) is 2.44. The van der Waals surface area contributed by atoms with E-state index in [-0.39, 0.29) is 18.7 Å². The molecule has 1 aromatic rings. The van der Waals surface area contributed by atoms with Crippen LogP contribution in [0.4, 0.5) is 0 Å². The number of hydrogen-bond acceptors (Lipinski definition) is 3. The summed E-state index contributed by atoms with van der Waals surface area (Å²) in [5.74, 6) is 1.32. The minimum Gasteiger partial charge on any atom is -0.468 e. The number of rotatable bonds is 5. The van der Waals surface area contributed by atoms with Crippen molar-refractivity contribution in [1.82, 2.24) is 5.32 Å². The lowest BCUT2D eigenvalue weighted by Gasteiger charge is -2.23. The molecule has 14 heavy (non-hydrogen) atoms. The van der Waals surface area contributed by atoms with E-state index >= 15 is 0 Å². The number of aliphatic hydroxyl groups excluding tert-OH is 1. The molecule has 2 atom stereocenters. The first-order valence-electron chi connectivity index (χ1n) is 5.05. The number of hydrogen-bond donors (Lipinski definition) is 2. The lowest BCUT2D eigenvalue weighted by Crippen LogP contribution is -2.38. The van der Waals surface area contributed by atoms with E-state index in [2.05, 4.69) is 19.2 Å². The molecule has 0 saturated heterocycles. The molecule has 2 unspecified atom stereocenters. The van der Waals surface area contributed by atoms with Crippen molar-refractivity contribution in [3.63, 3.8) is 0 Å². The predicted octanol–water partition coefficient (Wildman–Crippen LogP) is 1.95. The van der Waals surface area contributed by atoms with Crippen molar-refractivity contribution in [2.75, 3.05) is 6.61 Å². The van der Waals surface area contributed by atoms with E-state index < -0.39 is 0 Å². The van der Waals surface area contributed by atoms with E-state index in [1.165, 1.54) is 0 Å². The van der Waals surface area contributed by atoms with Gasteiger partial charge in [-0.05, 0) is 25.0 Å². The molecule has 1 aromatic heterocycles. The van der Waals surface area contributed by atoms with Crippen LogP contribution in [0.1, 0.15) is 32.6 Å². The quantitative estimate of drug-likeness (QED) is 0.758. The molecular weight excluding hydrogens is 178 g/mol. The summed E-state index contributed by atoms with van der Waals surface area (Å²) in [7, 11) is 0. The number of furan rings is 1. The zero-order chi connectivity index (χ0) is 10.6. The molecule has 1 heterocycles. The first-order valence-corrected chi connectivity index (χ1v) is 5.05. The van der Waals surface area contributed by atoms with Crippen molar-refractivity contribution in [2.24, 2.45) is 5.92 Å². The van der Waals surface area contributed by atoms with Crippen LogP contribution in [0.3, 0.4) is 0 Å². The third kappa shape index (κ3) is 2.86. The maximum absolute atomic E-state index is 9.15. The molecule has 3 heteroatoms. The third-order valence-corrected chi connectivity index (χ3v) is 2.44. The maximum atomic E-state index is 9.15. The Labute approximate surface area is 85.1 Å². The highest BCUT2D eigenvalue weighted by Gasteiger charge is 2.16. The zero-order valence-corrected chi connectivity index (χ0v) is 9.03. The second-order valence-electron chi connectivity index (χ2n) is 3.94. The molecule has 2 N–H and O–H groups in total. The van der Waals surface area contributed by atoms with Crippen LogP contribution in [0.2, 0.25) is 0 Å². The van der Waals surface area contributed by atoms with Crippen molar-refractivity contribution < 1.29 is 9.52 Å². The number of nitrogens with one attached hydrogen (secondary N) is 1. The summed E-state index contributed by atoms with van der Waals surface area (Å²) in [6, 6.07) is 4.07. The van der Waals surface area contributed by atoms with Gasteiger partial charge >= 0.3 is 0 Å². The molecule has 0 bridgehead atoms. The van der Waals surface area contributed by atoms with Gasteiger partial charge in [0, 0.05) is 6.04 Å². The average Bonchev–Trinajstić information content (AvgIpc) is 2.65. The van der Waals surface area contributed by atoms with Crippen molar-refractivity contribution in [1.29, 1.82) is 0 Å². The Bertz CT molecular complexity index is 244. The summed E-state index contributed by atoms with van der Waals surface area (Å²) >= 11 is 0. The SMILES string of the molecule is CC(NC(CO)C(C)C)c1ccco1. The number of aliphatic hydroxyl groups is 1. The second kappa shape index (κ2) is 5.17. The van der Waals surface area contributed by atoms with Gasteiger partial charge in [0.05, 0.1) is 18.9 Å². The first kappa shape index (κ1) is 11.3. The highest BCUT2D eigenvalue weighted by Crippen LogP contribution is 2.14. The zero-order valence-electron chi connectivity index (χ0n) is 9.03. The summed E-state index contributed by atoms with van der Waals surface area (Å²) in [6.07, 6.45) is 1.66. The van der Waals surface area contributed by atoms with Crippen LogP contribution in [-0.4, -0.2) is 17.8 Å². The van der Waals surface area contributed by atoms with Gasteiger partial charge in [-0.3, -0.25) is 0 Å². The smallest absolute Gasteiger partial charge is 0.120 e. The molecule has 0 aliphatic rings. The van der Waals surface area contributed by atoms with Crippen molar-refractivity contribution in [3.8, 4) is 0 Å². The molecule has 0 amide bonds. The van der Waals surface area contributed by atoms with Crippen LogP contribution >= 0.6 is 0 Å². The van der Waals surface area contributed by atoms with Crippen LogP contribution in [-0.2, 0) is 0 Å². The minimum absolute atomic E-state index is 0.120. The highest BCUT2D eigenvalue weighted by molar-refractivity contribution is 5.03. The molecule has 0 spiro atoms. The predicted molar refractivity (Wildman–Crippen MR) is 56.0 cm³/mol. The Balaban J connectivity index is 2.51. The maximum Gasteiger partial charge on any atom is 0.120 e. The van der Waals surface area contributed by atoms with E-state index in [0.717, 1.165) is 5.76 Å². The lowest BCUT2D eigenvalue weighted by molar-refractivity contribution is 0.197. The van der Waals surface area contributed by atoms with Crippen LogP contribution < -0.4 is 5.32 Å². The normalized spacial score (nSPS) is 15.8. The molecule has 1 rings (SSSR count). The van der Waals surface area contributed by atoms with Crippen molar-refractivity contribution in [3.05, 3.63) is 24.2 Å². The van der Waals surface area contributed by atoms with Crippen LogP contribution in [0.25, 0.3) is 0 Å². The van der Waals surface area contributed by atoms with Crippen LogP contribution in [0, 0.1) is 5.92 Å². The monoisotopic (exact) mass is 197 g/mol. The van der Waals surface area contributed by atoms with Gasteiger partial charge in [0.1, 0.15) is 5.76 Å². The summed E-state index contributed by atoms with van der Waals surface area (Å²) in [6.45, 7) is 6.36. The second-order valence-corrected chi connectivity index (χ2v) is 3.94. The molecule has 0 aliphatic heterocycles. The van der Waals surface area contributed by atoms with E-state index in [9.17, 15) is 0 Å². The molecule has 0 aromatic carbocycles. The Hall–Kier alpha value is -0.800. The topological polar surface area (TPSA) is 45.4 Å². The van der Waals surface area contributed by atoms with Crippen LogP contribution in [0.5, 0.6) is 0 Å². The van der Waals surface area contributed by atoms with Gasteiger partial charge in [0.2, 0.25) is 0 Å². The van der Waals surface area contributed by atoms with Gasteiger partial charge in [-0.1, -0.05) is 13.8 Å². The molecule has 0 aliphatic carbocycles. The first-order chi connectivity index (χ1) is 6.65. The van der Waals surface area contributed by atoms with Gasteiger partial charge in [-0.15, -0.1) is 0 Å². The Morgan fingerprint density at radius 2 is 2.14 bits per heavy atom. The van der Waals surface area contributed by atoms with Crippen molar-refractivity contribution in [2.45, 2.75) is 32.9 Å². The lowest BCUT2D eigenvalue weighted by atomic mass is 10.0. The van der Waals surface area contributed by atoms with E-state index in [1.54, 1.807) is 6.26 Å². The van der Waals surface area contributed by atoms with Gasteiger partial charge < -0.3 is 14.8 Å². The van der Waals surface area contributed by atoms with Crippen molar-refractivity contribution >= 4 is 0 Å². The van der Waals surface area contributed by atoms with Gasteiger partial charge in [-0.2, -0.15) is 0 Å². The van der Waals surface area contributed by atoms with E-state index in [0.29, 0.717) is 5.92 Å². The molecular formula is C11H19NO2. The fourth-order valence-corrected chi connectivity index (χ4v) is 1.40.